The highest BCUT2D eigenvalue weighted by Gasteiger charge is 2.19. The standard InChI is InChI=1S/C15H18N4OS/c1-21-14-4-2-3-13(9-14)18-11-12(10-16)15(20)19-7-5-17-6-8-19/h2-4,9,11,17-18H,5-8H2,1H3/b12-11-. The highest BCUT2D eigenvalue weighted by Crippen LogP contribution is 2.19. The Morgan fingerprint density at radius 2 is 2.24 bits per heavy atom. The Bertz CT molecular complexity index is 573. The molecule has 1 amide bonds. The Labute approximate surface area is 129 Å². The summed E-state index contributed by atoms with van der Waals surface area (Å²) in [7, 11) is 0. The summed E-state index contributed by atoms with van der Waals surface area (Å²) < 4.78 is 0. The highest BCUT2D eigenvalue weighted by molar-refractivity contribution is 7.98. The number of hydrogen-bond donors (Lipinski definition) is 2. The number of rotatable bonds is 4. The molecule has 0 saturated carbocycles. The molecule has 0 radical (unpaired) electrons. The summed E-state index contributed by atoms with van der Waals surface area (Å²) in [5.74, 6) is -0.215. The van der Waals surface area contributed by atoms with Gasteiger partial charge in [-0.3, -0.25) is 4.79 Å². The van der Waals surface area contributed by atoms with Crippen molar-refractivity contribution in [1.29, 1.82) is 5.26 Å². The second kappa shape index (κ2) is 7.72. The largest absolute Gasteiger partial charge is 0.360 e. The SMILES string of the molecule is CSc1cccc(N/C=C(/C#N)C(=O)N2CCNCC2)c1. The zero-order valence-corrected chi connectivity index (χ0v) is 12.7. The van der Waals surface area contributed by atoms with E-state index < -0.39 is 0 Å². The molecule has 5 nitrogen and oxygen atoms in total. The number of amides is 1. The number of hydrogen-bond acceptors (Lipinski definition) is 5. The van der Waals surface area contributed by atoms with E-state index in [1.165, 1.54) is 6.20 Å². The molecule has 1 saturated heterocycles. The van der Waals surface area contributed by atoms with Crippen LogP contribution in [0.1, 0.15) is 0 Å². The average Bonchev–Trinajstić information content (AvgIpc) is 2.56. The number of nitriles is 1. The monoisotopic (exact) mass is 302 g/mol. The molecule has 1 aromatic carbocycles. The summed E-state index contributed by atoms with van der Waals surface area (Å²) in [6.45, 7) is 2.82. The zero-order valence-electron chi connectivity index (χ0n) is 11.9. The fourth-order valence-corrected chi connectivity index (χ4v) is 2.51. The smallest absolute Gasteiger partial charge is 0.266 e. The number of anilines is 1. The average molecular weight is 302 g/mol. The zero-order chi connectivity index (χ0) is 15.1. The quantitative estimate of drug-likeness (QED) is 0.503. The van der Waals surface area contributed by atoms with Gasteiger partial charge in [0.05, 0.1) is 0 Å². The first-order valence-electron chi connectivity index (χ1n) is 6.75. The molecule has 1 aliphatic heterocycles. The van der Waals surface area contributed by atoms with E-state index in [9.17, 15) is 10.1 Å². The predicted molar refractivity (Wildman–Crippen MR) is 85.0 cm³/mol. The van der Waals surface area contributed by atoms with E-state index in [1.54, 1.807) is 16.7 Å². The lowest BCUT2D eigenvalue weighted by Crippen LogP contribution is -2.46. The lowest BCUT2D eigenvalue weighted by molar-refractivity contribution is -0.127. The fraction of sp³-hybridized carbons (Fsp3) is 0.333. The highest BCUT2D eigenvalue weighted by atomic mass is 32.2. The molecule has 6 heteroatoms. The summed E-state index contributed by atoms with van der Waals surface area (Å²) in [6.07, 6.45) is 3.49. The molecular formula is C15H18N4OS. The Hall–Kier alpha value is -1.97. The third kappa shape index (κ3) is 4.25. The van der Waals surface area contributed by atoms with Gasteiger partial charge >= 0.3 is 0 Å². The maximum absolute atomic E-state index is 12.2. The molecule has 1 fully saturated rings. The van der Waals surface area contributed by atoms with Crippen molar-refractivity contribution >= 4 is 23.4 Å². The molecule has 1 heterocycles. The molecule has 0 unspecified atom stereocenters. The van der Waals surface area contributed by atoms with E-state index in [0.29, 0.717) is 13.1 Å². The van der Waals surface area contributed by atoms with Gasteiger partial charge in [0.15, 0.2) is 0 Å². The molecule has 21 heavy (non-hydrogen) atoms. The van der Waals surface area contributed by atoms with E-state index in [0.717, 1.165) is 23.7 Å². The maximum Gasteiger partial charge on any atom is 0.266 e. The number of benzene rings is 1. The molecule has 2 rings (SSSR count). The van der Waals surface area contributed by atoms with Gasteiger partial charge in [0.1, 0.15) is 11.6 Å². The number of carbonyl (C=O) groups excluding carboxylic acids is 1. The Kier molecular flexibility index (Phi) is 5.67. The molecule has 0 aliphatic carbocycles. The van der Waals surface area contributed by atoms with Crippen LogP contribution in [0, 0.1) is 11.3 Å². The molecule has 1 aliphatic rings. The third-order valence-electron chi connectivity index (χ3n) is 3.21. The summed E-state index contributed by atoms with van der Waals surface area (Å²) in [4.78, 5) is 15.1. The number of carbonyl (C=O) groups is 1. The maximum atomic E-state index is 12.2. The topological polar surface area (TPSA) is 68.2 Å². The molecule has 0 atom stereocenters. The van der Waals surface area contributed by atoms with Crippen LogP contribution >= 0.6 is 11.8 Å². The van der Waals surface area contributed by atoms with Gasteiger partial charge in [-0.25, -0.2) is 0 Å². The second-order valence-electron chi connectivity index (χ2n) is 4.59. The van der Waals surface area contributed by atoms with Crippen molar-refractivity contribution in [2.24, 2.45) is 0 Å². The minimum absolute atomic E-state index is 0.131. The van der Waals surface area contributed by atoms with Gasteiger partial charge in [0, 0.05) is 43.0 Å². The van der Waals surface area contributed by atoms with Gasteiger partial charge < -0.3 is 15.5 Å². The van der Waals surface area contributed by atoms with Gasteiger partial charge in [-0.2, -0.15) is 5.26 Å². The van der Waals surface area contributed by atoms with E-state index in [4.69, 9.17) is 0 Å². The van der Waals surface area contributed by atoms with Gasteiger partial charge in [-0.15, -0.1) is 11.8 Å². The van der Waals surface area contributed by atoms with Crippen molar-refractivity contribution in [3.8, 4) is 6.07 Å². The molecule has 0 spiro atoms. The first-order chi connectivity index (χ1) is 10.2. The van der Waals surface area contributed by atoms with E-state index in [2.05, 4.69) is 10.6 Å². The van der Waals surface area contributed by atoms with Crippen molar-refractivity contribution in [2.75, 3.05) is 37.8 Å². The summed E-state index contributed by atoms with van der Waals surface area (Å²) >= 11 is 1.64. The third-order valence-corrected chi connectivity index (χ3v) is 3.93. The van der Waals surface area contributed by atoms with Crippen molar-refractivity contribution in [3.05, 3.63) is 36.0 Å². The normalized spacial score (nSPS) is 15.4. The van der Waals surface area contributed by atoms with Crippen LogP contribution in [0.4, 0.5) is 5.69 Å². The molecule has 2 N–H and O–H groups in total. The van der Waals surface area contributed by atoms with Crippen molar-refractivity contribution in [3.63, 3.8) is 0 Å². The summed E-state index contributed by atoms with van der Waals surface area (Å²) in [6, 6.07) is 9.81. The van der Waals surface area contributed by atoms with Crippen LogP contribution in [0.25, 0.3) is 0 Å². The van der Waals surface area contributed by atoms with Gasteiger partial charge in [-0.1, -0.05) is 6.07 Å². The Morgan fingerprint density at radius 3 is 2.90 bits per heavy atom. The summed E-state index contributed by atoms with van der Waals surface area (Å²) in [5.41, 5.74) is 0.995. The molecule has 0 bridgehead atoms. The molecule has 110 valence electrons. The van der Waals surface area contributed by atoms with Gasteiger partial charge in [0.25, 0.3) is 5.91 Å². The van der Waals surface area contributed by atoms with Crippen molar-refractivity contribution in [2.45, 2.75) is 4.90 Å². The molecule has 1 aromatic rings. The second-order valence-corrected chi connectivity index (χ2v) is 5.47. The fourth-order valence-electron chi connectivity index (χ4n) is 2.05. The minimum Gasteiger partial charge on any atom is -0.360 e. The first-order valence-corrected chi connectivity index (χ1v) is 7.98. The lowest BCUT2D eigenvalue weighted by atomic mass is 10.2. The van der Waals surface area contributed by atoms with Crippen LogP contribution in [0.2, 0.25) is 0 Å². The predicted octanol–water partition coefficient (Wildman–Crippen LogP) is 1.66. The summed E-state index contributed by atoms with van der Waals surface area (Å²) in [5, 5.41) is 15.4. The number of nitrogens with one attached hydrogen (secondary N) is 2. The van der Waals surface area contributed by atoms with E-state index >= 15 is 0 Å². The van der Waals surface area contributed by atoms with Crippen LogP contribution in [0.5, 0.6) is 0 Å². The van der Waals surface area contributed by atoms with Crippen LogP contribution in [-0.2, 0) is 4.79 Å². The number of piperazine rings is 1. The van der Waals surface area contributed by atoms with E-state index in [1.807, 2.05) is 36.6 Å². The Balaban J connectivity index is 2.05. The Morgan fingerprint density at radius 1 is 1.48 bits per heavy atom. The van der Waals surface area contributed by atoms with Crippen LogP contribution < -0.4 is 10.6 Å². The molecule has 0 aromatic heterocycles. The number of thioether (sulfide) groups is 1. The van der Waals surface area contributed by atoms with Crippen LogP contribution in [0.15, 0.2) is 40.9 Å². The van der Waals surface area contributed by atoms with Crippen LogP contribution in [0.3, 0.4) is 0 Å². The lowest BCUT2D eigenvalue weighted by Gasteiger charge is -2.27. The van der Waals surface area contributed by atoms with Crippen molar-refractivity contribution < 1.29 is 4.79 Å². The van der Waals surface area contributed by atoms with Crippen LogP contribution in [-0.4, -0.2) is 43.2 Å². The molecular weight excluding hydrogens is 284 g/mol. The minimum atomic E-state index is -0.215. The van der Waals surface area contributed by atoms with E-state index in [-0.39, 0.29) is 11.5 Å². The van der Waals surface area contributed by atoms with Gasteiger partial charge in [0.2, 0.25) is 0 Å². The van der Waals surface area contributed by atoms with Gasteiger partial charge in [-0.05, 0) is 24.5 Å². The number of nitrogens with zero attached hydrogens (tertiary/aromatic N) is 2. The van der Waals surface area contributed by atoms with Crippen molar-refractivity contribution in [1.82, 2.24) is 10.2 Å². The first kappa shape index (κ1) is 15.4.